The summed E-state index contributed by atoms with van der Waals surface area (Å²) in [6.07, 6.45) is 7.64. The molecule has 1 spiro atoms. The van der Waals surface area contributed by atoms with Crippen molar-refractivity contribution in [2.75, 3.05) is 19.8 Å². The Balaban J connectivity index is 1.29. The van der Waals surface area contributed by atoms with Crippen LogP contribution in [-0.2, 0) is 9.47 Å². The summed E-state index contributed by atoms with van der Waals surface area (Å²) in [5.41, 5.74) is 1.26. The lowest BCUT2D eigenvalue weighted by molar-refractivity contribution is -0.0219. The van der Waals surface area contributed by atoms with Crippen molar-refractivity contribution in [1.82, 2.24) is 10.6 Å². The highest BCUT2D eigenvalue weighted by molar-refractivity contribution is 5.69. The van der Waals surface area contributed by atoms with Crippen molar-refractivity contribution in [3.05, 3.63) is 35.9 Å². The molecule has 5 heteroatoms. The smallest absolute Gasteiger partial charge is 0.407 e. The van der Waals surface area contributed by atoms with E-state index in [1.807, 2.05) is 0 Å². The van der Waals surface area contributed by atoms with Gasteiger partial charge in [-0.2, -0.15) is 0 Å². The molecule has 1 aromatic rings. The molecule has 1 saturated carbocycles. The van der Waals surface area contributed by atoms with Gasteiger partial charge < -0.3 is 20.1 Å². The molecule has 2 aliphatic heterocycles. The second-order valence-corrected chi connectivity index (χ2v) is 7.99. The second-order valence-electron chi connectivity index (χ2n) is 7.99. The molecule has 0 aromatic heterocycles. The van der Waals surface area contributed by atoms with Gasteiger partial charge in [-0.05, 0) is 56.6 Å². The standard InChI is InChI=1S/C21H30N2O3/c24-20-23-21(12-14-25-20)11-4-13-22-19(21)15-26-18-9-7-17(8-10-18)16-5-2-1-3-6-16/h1-3,5-6,17-19,22H,4,7-15H2,(H,23,24)/t17-,18+,19?,21?. The van der Waals surface area contributed by atoms with Gasteiger partial charge in [0.15, 0.2) is 0 Å². The summed E-state index contributed by atoms with van der Waals surface area (Å²) in [6, 6.07) is 11.0. The van der Waals surface area contributed by atoms with Crippen LogP contribution in [0.5, 0.6) is 0 Å². The van der Waals surface area contributed by atoms with Crippen molar-refractivity contribution < 1.29 is 14.3 Å². The Morgan fingerprint density at radius 1 is 1.12 bits per heavy atom. The fourth-order valence-corrected chi connectivity index (χ4v) is 4.87. The van der Waals surface area contributed by atoms with Crippen LogP contribution in [0.15, 0.2) is 30.3 Å². The highest BCUT2D eigenvalue weighted by Gasteiger charge is 2.44. The van der Waals surface area contributed by atoms with Crippen LogP contribution in [0.2, 0.25) is 0 Å². The van der Waals surface area contributed by atoms with Gasteiger partial charge in [-0.15, -0.1) is 0 Å². The third kappa shape index (κ3) is 3.89. The van der Waals surface area contributed by atoms with Crippen molar-refractivity contribution in [2.24, 2.45) is 0 Å². The van der Waals surface area contributed by atoms with E-state index in [0.717, 1.165) is 38.6 Å². The summed E-state index contributed by atoms with van der Waals surface area (Å²) in [4.78, 5) is 11.8. The first-order valence-corrected chi connectivity index (χ1v) is 10.1. The number of ether oxygens (including phenoxy) is 2. The summed E-state index contributed by atoms with van der Waals surface area (Å²) in [5.74, 6) is 0.671. The molecule has 2 N–H and O–H groups in total. The van der Waals surface area contributed by atoms with Crippen LogP contribution in [0.3, 0.4) is 0 Å². The molecule has 2 saturated heterocycles. The number of cyclic esters (lactones) is 1. The third-order valence-electron chi connectivity index (χ3n) is 6.43. The Morgan fingerprint density at radius 2 is 1.92 bits per heavy atom. The molecule has 2 unspecified atom stereocenters. The van der Waals surface area contributed by atoms with Crippen LogP contribution >= 0.6 is 0 Å². The van der Waals surface area contributed by atoms with Gasteiger partial charge in [0.05, 0.1) is 30.9 Å². The van der Waals surface area contributed by atoms with Crippen LogP contribution in [0, 0.1) is 0 Å². The second kappa shape index (κ2) is 7.97. The number of nitrogens with one attached hydrogen (secondary N) is 2. The summed E-state index contributed by atoms with van der Waals surface area (Å²) >= 11 is 0. The van der Waals surface area contributed by atoms with Gasteiger partial charge in [0.25, 0.3) is 0 Å². The maximum absolute atomic E-state index is 11.8. The zero-order valence-corrected chi connectivity index (χ0v) is 15.4. The fraction of sp³-hybridized carbons (Fsp3) is 0.667. The molecular formula is C21H30N2O3. The third-order valence-corrected chi connectivity index (χ3v) is 6.43. The number of amides is 1. The molecule has 0 bridgehead atoms. The maximum Gasteiger partial charge on any atom is 0.407 e. The number of hydrogen-bond donors (Lipinski definition) is 2. The van der Waals surface area contributed by atoms with Crippen molar-refractivity contribution in [3.63, 3.8) is 0 Å². The fourth-order valence-electron chi connectivity index (χ4n) is 4.87. The number of alkyl carbamates (subject to hydrolysis) is 1. The molecule has 3 aliphatic rings. The molecule has 4 rings (SSSR count). The lowest BCUT2D eigenvalue weighted by Crippen LogP contribution is -2.68. The van der Waals surface area contributed by atoms with Gasteiger partial charge in [0.1, 0.15) is 0 Å². The summed E-state index contributed by atoms with van der Waals surface area (Å²) in [5, 5.41) is 6.67. The number of benzene rings is 1. The number of piperidine rings is 1. The summed E-state index contributed by atoms with van der Waals surface area (Å²) < 4.78 is 11.4. The number of carbonyl (C=O) groups is 1. The van der Waals surface area contributed by atoms with Crippen LogP contribution in [0.4, 0.5) is 4.79 Å². The van der Waals surface area contributed by atoms with Gasteiger partial charge in [0, 0.05) is 6.42 Å². The van der Waals surface area contributed by atoms with Crippen LogP contribution < -0.4 is 10.6 Å². The highest BCUT2D eigenvalue weighted by Crippen LogP contribution is 2.35. The first-order chi connectivity index (χ1) is 12.8. The van der Waals surface area contributed by atoms with Crippen molar-refractivity contribution >= 4 is 6.09 Å². The molecule has 2 atom stereocenters. The van der Waals surface area contributed by atoms with E-state index in [0.29, 0.717) is 25.2 Å². The van der Waals surface area contributed by atoms with Crippen molar-refractivity contribution in [1.29, 1.82) is 0 Å². The Bertz CT molecular complexity index is 597. The molecule has 1 aromatic carbocycles. The van der Waals surface area contributed by atoms with Crippen LogP contribution in [0.25, 0.3) is 0 Å². The van der Waals surface area contributed by atoms with Crippen LogP contribution in [-0.4, -0.2) is 43.5 Å². The highest BCUT2D eigenvalue weighted by atomic mass is 16.6. The minimum absolute atomic E-state index is 0.177. The quantitative estimate of drug-likeness (QED) is 0.867. The number of rotatable bonds is 4. The summed E-state index contributed by atoms with van der Waals surface area (Å²) in [7, 11) is 0. The number of carbonyl (C=O) groups excluding carboxylic acids is 1. The average molecular weight is 358 g/mol. The molecule has 0 radical (unpaired) electrons. The van der Waals surface area contributed by atoms with Gasteiger partial charge in [-0.3, -0.25) is 0 Å². The van der Waals surface area contributed by atoms with E-state index in [9.17, 15) is 4.79 Å². The Kier molecular flexibility index (Phi) is 5.46. The monoisotopic (exact) mass is 358 g/mol. The molecule has 142 valence electrons. The first kappa shape index (κ1) is 17.8. The lowest BCUT2D eigenvalue weighted by Gasteiger charge is -2.47. The Morgan fingerprint density at radius 3 is 2.69 bits per heavy atom. The molecule has 1 amide bonds. The summed E-state index contributed by atoms with van der Waals surface area (Å²) in [6.45, 7) is 2.17. The molecular weight excluding hydrogens is 328 g/mol. The van der Waals surface area contributed by atoms with Crippen LogP contribution in [0.1, 0.15) is 56.4 Å². The molecule has 2 heterocycles. The minimum atomic E-state index is -0.284. The van der Waals surface area contributed by atoms with Gasteiger partial charge in [0.2, 0.25) is 0 Å². The first-order valence-electron chi connectivity index (χ1n) is 10.1. The SMILES string of the molecule is O=C1NC2(CCCNC2CO[C@H]2CC[C@@H](c3ccccc3)CC2)CCO1. The van der Waals surface area contributed by atoms with Crippen molar-refractivity contribution in [3.8, 4) is 0 Å². The van der Waals surface area contributed by atoms with E-state index in [-0.39, 0.29) is 17.7 Å². The van der Waals surface area contributed by atoms with Gasteiger partial charge in [-0.25, -0.2) is 4.79 Å². The minimum Gasteiger partial charge on any atom is -0.449 e. The van der Waals surface area contributed by atoms with E-state index in [2.05, 4.69) is 41.0 Å². The molecule has 5 nitrogen and oxygen atoms in total. The van der Waals surface area contributed by atoms with E-state index >= 15 is 0 Å². The zero-order valence-electron chi connectivity index (χ0n) is 15.4. The van der Waals surface area contributed by atoms with E-state index in [4.69, 9.17) is 9.47 Å². The van der Waals surface area contributed by atoms with Gasteiger partial charge >= 0.3 is 6.09 Å². The maximum atomic E-state index is 11.8. The topological polar surface area (TPSA) is 59.6 Å². The normalized spacial score (nSPS) is 34.9. The van der Waals surface area contributed by atoms with E-state index in [1.165, 1.54) is 18.4 Å². The average Bonchev–Trinajstić information content (AvgIpc) is 2.68. The van der Waals surface area contributed by atoms with E-state index < -0.39 is 0 Å². The van der Waals surface area contributed by atoms with E-state index in [1.54, 1.807) is 0 Å². The Hall–Kier alpha value is -1.59. The molecule has 3 fully saturated rings. The largest absolute Gasteiger partial charge is 0.449 e. The predicted octanol–water partition coefficient (Wildman–Crippen LogP) is 3.35. The predicted molar refractivity (Wildman–Crippen MR) is 100 cm³/mol. The zero-order chi connectivity index (χ0) is 17.8. The molecule has 1 aliphatic carbocycles. The van der Waals surface area contributed by atoms with Gasteiger partial charge in [-0.1, -0.05) is 30.3 Å². The number of hydrogen-bond acceptors (Lipinski definition) is 4. The molecule has 26 heavy (non-hydrogen) atoms. The van der Waals surface area contributed by atoms with Crippen molar-refractivity contribution in [2.45, 2.75) is 68.5 Å². The lowest BCUT2D eigenvalue weighted by atomic mass is 9.79. The Labute approximate surface area is 155 Å².